The molecule has 0 unspecified atom stereocenters. The van der Waals surface area contributed by atoms with Gasteiger partial charge in [0.05, 0.1) is 0 Å². The Morgan fingerprint density at radius 2 is 2.21 bits per heavy atom. The minimum Gasteiger partial charge on any atom is -0.481 e. The third kappa shape index (κ3) is 2.48. The first kappa shape index (κ1) is 10.6. The summed E-state index contributed by atoms with van der Waals surface area (Å²) in [5.41, 5.74) is 0.241. The molecule has 1 heterocycles. The first-order chi connectivity index (χ1) is 6.42. The van der Waals surface area contributed by atoms with Crippen LogP contribution in [-0.2, 0) is 10.7 Å². The van der Waals surface area contributed by atoms with Gasteiger partial charge in [-0.15, -0.1) is 0 Å². The second kappa shape index (κ2) is 3.69. The molecule has 3 nitrogen and oxygen atoms in total. The Kier molecular flexibility index (Phi) is 2.78. The molecule has 1 N–H and O–H groups in total. The molecule has 1 rings (SSSR count). The standard InChI is InChI=1S/C9H9F2NO2/c1-6-2-3-7(5-12-6)9(10,11)4-8(13)14/h2-3,5H,4H2,1H3,(H,13,14). The molecule has 0 fully saturated rings. The molecule has 76 valence electrons. The van der Waals surface area contributed by atoms with E-state index in [4.69, 9.17) is 5.11 Å². The lowest BCUT2D eigenvalue weighted by Gasteiger charge is -2.13. The van der Waals surface area contributed by atoms with Gasteiger partial charge in [-0.05, 0) is 19.1 Å². The normalized spacial score (nSPS) is 11.4. The maximum atomic E-state index is 13.1. The number of halogens is 2. The second-order valence-corrected chi connectivity index (χ2v) is 2.96. The molecule has 0 saturated heterocycles. The fraction of sp³-hybridized carbons (Fsp3) is 0.333. The van der Waals surface area contributed by atoms with Crippen molar-refractivity contribution in [3.63, 3.8) is 0 Å². The van der Waals surface area contributed by atoms with Gasteiger partial charge in [-0.1, -0.05) is 0 Å². The fourth-order valence-electron chi connectivity index (χ4n) is 0.976. The molecule has 0 atom stereocenters. The van der Waals surface area contributed by atoms with E-state index in [-0.39, 0.29) is 5.56 Å². The van der Waals surface area contributed by atoms with Crippen molar-refractivity contribution in [2.45, 2.75) is 19.3 Å². The number of pyridine rings is 1. The first-order valence-corrected chi connectivity index (χ1v) is 3.94. The molecule has 0 amide bonds. The lowest BCUT2D eigenvalue weighted by molar-refractivity contribution is -0.145. The fourth-order valence-corrected chi connectivity index (χ4v) is 0.976. The summed E-state index contributed by atoms with van der Waals surface area (Å²) in [4.78, 5) is 13.8. The van der Waals surface area contributed by atoms with Crippen molar-refractivity contribution in [3.05, 3.63) is 29.6 Å². The van der Waals surface area contributed by atoms with E-state index in [9.17, 15) is 13.6 Å². The Labute approximate surface area is 79.4 Å². The quantitative estimate of drug-likeness (QED) is 0.813. The van der Waals surface area contributed by atoms with E-state index >= 15 is 0 Å². The van der Waals surface area contributed by atoms with Crippen LogP contribution >= 0.6 is 0 Å². The molecule has 14 heavy (non-hydrogen) atoms. The van der Waals surface area contributed by atoms with E-state index in [1.807, 2.05) is 0 Å². The van der Waals surface area contributed by atoms with E-state index in [0.29, 0.717) is 5.69 Å². The zero-order valence-electron chi connectivity index (χ0n) is 7.50. The Balaban J connectivity index is 2.91. The lowest BCUT2D eigenvalue weighted by Crippen LogP contribution is -2.18. The smallest absolute Gasteiger partial charge is 0.309 e. The van der Waals surface area contributed by atoms with Crippen molar-refractivity contribution in [2.75, 3.05) is 0 Å². The number of hydrogen-bond acceptors (Lipinski definition) is 2. The van der Waals surface area contributed by atoms with Crippen molar-refractivity contribution >= 4 is 5.97 Å². The number of carboxylic acids is 1. The predicted octanol–water partition coefficient (Wildman–Crippen LogP) is 1.96. The van der Waals surface area contributed by atoms with E-state index in [2.05, 4.69) is 4.98 Å². The molecular formula is C9H9F2NO2. The molecule has 0 radical (unpaired) electrons. The van der Waals surface area contributed by atoms with Crippen LogP contribution in [0.3, 0.4) is 0 Å². The number of carboxylic acid groups (broad SMARTS) is 1. The Morgan fingerprint density at radius 1 is 1.57 bits per heavy atom. The zero-order chi connectivity index (χ0) is 10.8. The van der Waals surface area contributed by atoms with Crippen LogP contribution in [0.4, 0.5) is 8.78 Å². The number of nitrogens with zero attached hydrogens (tertiary/aromatic N) is 1. The summed E-state index contributed by atoms with van der Waals surface area (Å²) in [6, 6.07) is 2.61. The van der Waals surface area contributed by atoms with E-state index < -0.39 is 18.3 Å². The molecule has 5 heteroatoms. The topological polar surface area (TPSA) is 50.2 Å². The Bertz CT molecular complexity index is 335. The molecule has 0 aliphatic carbocycles. The maximum Gasteiger partial charge on any atom is 0.309 e. The molecule has 1 aromatic rings. The molecule has 0 bridgehead atoms. The molecule has 0 spiro atoms. The van der Waals surface area contributed by atoms with Gasteiger partial charge < -0.3 is 5.11 Å². The number of rotatable bonds is 3. The van der Waals surface area contributed by atoms with Crippen molar-refractivity contribution < 1.29 is 18.7 Å². The highest BCUT2D eigenvalue weighted by molar-refractivity contribution is 5.68. The third-order valence-electron chi connectivity index (χ3n) is 1.71. The highest BCUT2D eigenvalue weighted by atomic mass is 19.3. The molecule has 0 aliphatic heterocycles. The molecule has 1 aromatic heterocycles. The summed E-state index contributed by atoms with van der Waals surface area (Å²) in [5, 5.41) is 8.26. The average Bonchev–Trinajstić information content (AvgIpc) is 2.02. The highest BCUT2D eigenvalue weighted by Crippen LogP contribution is 2.30. The SMILES string of the molecule is Cc1ccc(C(F)(F)CC(=O)O)cn1. The van der Waals surface area contributed by atoms with Gasteiger partial charge in [0.15, 0.2) is 0 Å². The molecule has 0 saturated carbocycles. The van der Waals surface area contributed by atoms with Crippen LogP contribution in [0.1, 0.15) is 17.7 Å². The van der Waals surface area contributed by atoms with Crippen LogP contribution in [0.5, 0.6) is 0 Å². The number of alkyl halides is 2. The predicted molar refractivity (Wildman–Crippen MR) is 45.1 cm³/mol. The lowest BCUT2D eigenvalue weighted by atomic mass is 10.1. The number of carbonyl (C=O) groups is 1. The summed E-state index contributed by atoms with van der Waals surface area (Å²) in [6.45, 7) is 1.67. The molecule has 0 aromatic carbocycles. The van der Waals surface area contributed by atoms with Crippen LogP contribution in [0.25, 0.3) is 0 Å². The van der Waals surface area contributed by atoms with Crippen LogP contribution in [0.15, 0.2) is 18.3 Å². The van der Waals surface area contributed by atoms with E-state index in [0.717, 1.165) is 6.20 Å². The number of hydrogen-bond donors (Lipinski definition) is 1. The summed E-state index contributed by atoms with van der Waals surface area (Å²) in [6.07, 6.45) is -0.212. The van der Waals surface area contributed by atoms with Crippen LogP contribution < -0.4 is 0 Å². The van der Waals surface area contributed by atoms with Crippen LogP contribution in [-0.4, -0.2) is 16.1 Å². The van der Waals surface area contributed by atoms with Crippen molar-refractivity contribution in [1.29, 1.82) is 0 Å². The van der Waals surface area contributed by atoms with Gasteiger partial charge in [0.1, 0.15) is 6.42 Å². The zero-order valence-corrected chi connectivity index (χ0v) is 7.50. The minimum atomic E-state index is -3.35. The second-order valence-electron chi connectivity index (χ2n) is 2.96. The molecule has 0 aliphatic rings. The van der Waals surface area contributed by atoms with Gasteiger partial charge in [0.25, 0.3) is 5.92 Å². The van der Waals surface area contributed by atoms with Crippen molar-refractivity contribution in [2.24, 2.45) is 0 Å². The summed E-state index contributed by atoms with van der Waals surface area (Å²) < 4.78 is 26.2. The number of aromatic nitrogens is 1. The van der Waals surface area contributed by atoms with Gasteiger partial charge in [-0.3, -0.25) is 9.78 Å². The summed E-state index contributed by atoms with van der Waals surface area (Å²) in [7, 11) is 0. The largest absolute Gasteiger partial charge is 0.481 e. The van der Waals surface area contributed by atoms with Crippen molar-refractivity contribution in [1.82, 2.24) is 4.98 Å². The summed E-state index contributed by atoms with van der Waals surface area (Å²) >= 11 is 0. The van der Waals surface area contributed by atoms with E-state index in [1.165, 1.54) is 12.1 Å². The maximum absolute atomic E-state index is 13.1. The van der Waals surface area contributed by atoms with Crippen LogP contribution in [0, 0.1) is 6.92 Å². The van der Waals surface area contributed by atoms with Crippen molar-refractivity contribution in [3.8, 4) is 0 Å². The van der Waals surface area contributed by atoms with Gasteiger partial charge >= 0.3 is 5.97 Å². The van der Waals surface area contributed by atoms with Gasteiger partial charge in [-0.25, -0.2) is 8.78 Å². The Hall–Kier alpha value is -1.52. The average molecular weight is 201 g/mol. The van der Waals surface area contributed by atoms with Crippen LogP contribution in [0.2, 0.25) is 0 Å². The minimum absolute atomic E-state index is 0.370. The molecular weight excluding hydrogens is 192 g/mol. The monoisotopic (exact) mass is 201 g/mol. The number of aliphatic carboxylic acids is 1. The van der Waals surface area contributed by atoms with Gasteiger partial charge in [0, 0.05) is 17.5 Å². The highest BCUT2D eigenvalue weighted by Gasteiger charge is 2.34. The summed E-state index contributed by atoms with van der Waals surface area (Å²) in [5.74, 6) is -4.89. The Morgan fingerprint density at radius 3 is 2.64 bits per heavy atom. The number of aryl methyl sites for hydroxylation is 1. The third-order valence-corrected chi connectivity index (χ3v) is 1.71. The van der Waals surface area contributed by atoms with Gasteiger partial charge in [-0.2, -0.15) is 0 Å². The van der Waals surface area contributed by atoms with Gasteiger partial charge in [0.2, 0.25) is 0 Å². The van der Waals surface area contributed by atoms with E-state index in [1.54, 1.807) is 6.92 Å². The first-order valence-electron chi connectivity index (χ1n) is 3.94.